The second-order valence-electron chi connectivity index (χ2n) is 10.6. The van der Waals surface area contributed by atoms with Crippen LogP contribution in [0.25, 0.3) is 0 Å². The van der Waals surface area contributed by atoms with Crippen LogP contribution in [0.5, 0.6) is 0 Å². The first-order valence-electron chi connectivity index (χ1n) is 14.2. The minimum Gasteiger partial charge on any atom is -0.341 e. The van der Waals surface area contributed by atoms with Crippen molar-refractivity contribution in [1.82, 2.24) is 14.5 Å². The number of hydrogen-bond acceptors (Lipinski definition) is 3. The molecule has 5 rings (SSSR count). The summed E-state index contributed by atoms with van der Waals surface area (Å²) in [5.74, 6) is -0.165. The van der Waals surface area contributed by atoms with Crippen LogP contribution in [0.3, 0.4) is 0 Å². The minimum atomic E-state index is -1.62. The molecule has 0 bridgehead atoms. The zero-order valence-electron chi connectivity index (χ0n) is 23.3. The van der Waals surface area contributed by atoms with Crippen molar-refractivity contribution in [2.45, 2.75) is 50.6 Å². The zero-order chi connectivity index (χ0) is 28.8. The molecule has 41 heavy (non-hydrogen) atoms. The molecule has 212 valence electrons. The van der Waals surface area contributed by atoms with Gasteiger partial charge >= 0.3 is 0 Å². The van der Waals surface area contributed by atoms with Crippen molar-refractivity contribution in [2.75, 3.05) is 13.1 Å². The number of likely N-dealkylation sites (tertiary alicyclic amines) is 1. The molecule has 1 amide bonds. The summed E-state index contributed by atoms with van der Waals surface area (Å²) >= 11 is 0. The van der Waals surface area contributed by atoms with Gasteiger partial charge in [-0.1, -0.05) is 91.0 Å². The van der Waals surface area contributed by atoms with Crippen LogP contribution in [-0.2, 0) is 16.8 Å². The van der Waals surface area contributed by atoms with E-state index in [9.17, 15) is 13.6 Å². The Morgan fingerprint density at radius 2 is 1.37 bits per heavy atom. The molecule has 2 heterocycles. The van der Waals surface area contributed by atoms with E-state index in [0.717, 1.165) is 28.1 Å². The van der Waals surface area contributed by atoms with Crippen LogP contribution in [0.15, 0.2) is 109 Å². The molecule has 5 nitrogen and oxygen atoms in total. The number of aryl methyl sites for hydroxylation is 1. The molecule has 0 saturated carbocycles. The van der Waals surface area contributed by atoms with Crippen molar-refractivity contribution in [2.24, 2.45) is 5.73 Å². The van der Waals surface area contributed by atoms with Gasteiger partial charge < -0.3 is 15.2 Å². The standard InChI is InChI=1S/C34H36F2N4O/c1-25-31(19-11-18-30(37)33(41)39-22-20-26(21-23-39)32(35)36)38-24-40(25)34(27-12-5-2-6-13-27,28-14-7-3-8-15-28)29-16-9-4-10-17-29/h2-10,12-17,24,30H,11,18-23,37H2,1H3/t30-/m0/s1. The number of carbonyl (C=O) groups is 1. The van der Waals surface area contributed by atoms with Gasteiger partial charge in [0.15, 0.2) is 0 Å². The lowest BCUT2D eigenvalue weighted by atomic mass is 9.76. The smallest absolute Gasteiger partial charge is 0.269 e. The first kappa shape index (κ1) is 28.4. The maximum Gasteiger partial charge on any atom is 0.269 e. The summed E-state index contributed by atoms with van der Waals surface area (Å²) < 4.78 is 28.0. The van der Waals surface area contributed by atoms with E-state index in [1.165, 1.54) is 0 Å². The van der Waals surface area contributed by atoms with Crippen molar-refractivity contribution in [1.29, 1.82) is 0 Å². The summed E-state index contributed by atoms with van der Waals surface area (Å²) in [6.45, 7) is 2.69. The van der Waals surface area contributed by atoms with Crippen molar-refractivity contribution in [3.05, 3.63) is 137 Å². The molecular weight excluding hydrogens is 518 g/mol. The Labute approximate surface area is 240 Å². The largest absolute Gasteiger partial charge is 0.341 e. The van der Waals surface area contributed by atoms with E-state index >= 15 is 0 Å². The quantitative estimate of drug-likeness (QED) is 0.242. The third-order valence-electron chi connectivity index (χ3n) is 8.24. The molecule has 1 atom stereocenters. The lowest BCUT2D eigenvalue weighted by molar-refractivity contribution is -0.133. The number of amides is 1. The summed E-state index contributed by atoms with van der Waals surface area (Å²) in [6, 6.07) is 30.8. The second-order valence-corrected chi connectivity index (χ2v) is 10.6. The SMILES string of the molecule is Cc1c(CCC[C@H](N)C(=O)N2CCC(=C(F)F)CC2)ncn1C(c1ccccc1)(c1ccccc1)c1ccccc1. The third kappa shape index (κ3) is 5.72. The van der Waals surface area contributed by atoms with Crippen LogP contribution in [0, 0.1) is 6.92 Å². The fraction of sp³-hybridized carbons (Fsp3) is 0.294. The van der Waals surface area contributed by atoms with Crippen LogP contribution in [0.4, 0.5) is 8.78 Å². The maximum atomic E-state index is 12.9. The van der Waals surface area contributed by atoms with Crippen molar-refractivity contribution in [3.63, 3.8) is 0 Å². The Bertz CT molecular complexity index is 1370. The highest BCUT2D eigenvalue weighted by molar-refractivity contribution is 5.81. The number of benzene rings is 3. The first-order chi connectivity index (χ1) is 19.9. The zero-order valence-corrected chi connectivity index (χ0v) is 23.3. The fourth-order valence-electron chi connectivity index (χ4n) is 6.02. The van der Waals surface area contributed by atoms with Crippen molar-refractivity contribution in [3.8, 4) is 0 Å². The molecular formula is C34H36F2N4O. The van der Waals surface area contributed by atoms with Gasteiger partial charge in [0.25, 0.3) is 6.08 Å². The number of carbonyl (C=O) groups excluding carboxylic acids is 1. The lowest BCUT2D eigenvalue weighted by Gasteiger charge is -2.38. The Hall–Kier alpha value is -4.10. The molecule has 7 heteroatoms. The van der Waals surface area contributed by atoms with E-state index < -0.39 is 17.7 Å². The fourth-order valence-corrected chi connectivity index (χ4v) is 6.02. The second kappa shape index (κ2) is 12.6. The highest BCUT2D eigenvalue weighted by atomic mass is 19.3. The predicted octanol–water partition coefficient (Wildman–Crippen LogP) is 6.45. The van der Waals surface area contributed by atoms with Gasteiger partial charge in [-0.2, -0.15) is 8.78 Å². The number of piperidine rings is 1. The molecule has 4 aromatic rings. The summed E-state index contributed by atoms with van der Waals surface area (Å²) in [7, 11) is 0. The predicted molar refractivity (Wildman–Crippen MR) is 158 cm³/mol. The average molecular weight is 555 g/mol. The molecule has 0 spiro atoms. The third-order valence-corrected chi connectivity index (χ3v) is 8.24. The highest BCUT2D eigenvalue weighted by Crippen LogP contribution is 2.42. The Balaban J connectivity index is 1.39. The van der Waals surface area contributed by atoms with Gasteiger partial charge in [0, 0.05) is 18.8 Å². The number of imidazole rings is 1. The van der Waals surface area contributed by atoms with Gasteiger partial charge in [0.2, 0.25) is 5.91 Å². The monoisotopic (exact) mass is 554 g/mol. The van der Waals surface area contributed by atoms with E-state index in [2.05, 4.69) is 84.3 Å². The molecule has 0 aliphatic carbocycles. The molecule has 0 unspecified atom stereocenters. The van der Waals surface area contributed by atoms with Gasteiger partial charge in [-0.25, -0.2) is 4.98 Å². The van der Waals surface area contributed by atoms with Crippen LogP contribution in [0.1, 0.15) is 53.8 Å². The number of nitrogens with zero attached hydrogens (tertiary/aromatic N) is 3. The molecule has 1 saturated heterocycles. The number of hydrogen-bond donors (Lipinski definition) is 1. The van der Waals surface area contributed by atoms with Gasteiger partial charge in [-0.05, 0) is 61.3 Å². The Morgan fingerprint density at radius 1 is 0.878 bits per heavy atom. The normalized spacial score (nSPS) is 14.6. The van der Waals surface area contributed by atoms with E-state index in [0.29, 0.717) is 32.4 Å². The first-order valence-corrected chi connectivity index (χ1v) is 14.2. The van der Waals surface area contributed by atoms with Crippen molar-refractivity contribution >= 4 is 5.91 Å². The summed E-state index contributed by atoms with van der Waals surface area (Å²) in [5, 5.41) is 0. The van der Waals surface area contributed by atoms with E-state index in [-0.39, 0.29) is 24.3 Å². The summed E-state index contributed by atoms with van der Waals surface area (Å²) in [6.07, 6.45) is 2.60. The van der Waals surface area contributed by atoms with Gasteiger partial charge in [0.1, 0.15) is 5.54 Å². The number of rotatable bonds is 9. The number of aromatic nitrogens is 2. The number of nitrogens with two attached hydrogens (primary N) is 1. The molecule has 2 N–H and O–H groups in total. The number of halogens is 2. The van der Waals surface area contributed by atoms with Gasteiger partial charge in [0.05, 0.1) is 18.1 Å². The molecule has 1 aromatic heterocycles. The van der Waals surface area contributed by atoms with Crippen LogP contribution in [0.2, 0.25) is 0 Å². The molecule has 1 aliphatic rings. The Kier molecular flexibility index (Phi) is 8.74. The minimum absolute atomic E-state index is 0.145. The van der Waals surface area contributed by atoms with Crippen molar-refractivity contribution < 1.29 is 13.6 Å². The molecule has 3 aromatic carbocycles. The van der Waals surface area contributed by atoms with Crippen LogP contribution < -0.4 is 5.73 Å². The molecule has 1 fully saturated rings. The lowest BCUT2D eigenvalue weighted by Crippen LogP contribution is -2.46. The van der Waals surface area contributed by atoms with E-state index in [4.69, 9.17) is 10.7 Å². The van der Waals surface area contributed by atoms with Gasteiger partial charge in [-0.3, -0.25) is 4.79 Å². The Morgan fingerprint density at radius 3 is 1.83 bits per heavy atom. The maximum absolute atomic E-state index is 12.9. The van der Waals surface area contributed by atoms with E-state index in [1.54, 1.807) is 4.90 Å². The van der Waals surface area contributed by atoms with Gasteiger partial charge in [-0.15, -0.1) is 0 Å². The van der Waals surface area contributed by atoms with E-state index in [1.807, 2.05) is 24.5 Å². The molecule has 1 aliphatic heterocycles. The van der Waals surface area contributed by atoms with Crippen LogP contribution in [-0.4, -0.2) is 39.5 Å². The topological polar surface area (TPSA) is 64.2 Å². The summed E-state index contributed by atoms with van der Waals surface area (Å²) in [5.41, 5.74) is 11.2. The molecule has 0 radical (unpaired) electrons. The van der Waals surface area contributed by atoms with Crippen LogP contribution >= 0.6 is 0 Å². The average Bonchev–Trinajstić information content (AvgIpc) is 3.38. The summed E-state index contributed by atoms with van der Waals surface area (Å²) in [4.78, 5) is 19.3. The highest BCUT2D eigenvalue weighted by Gasteiger charge is 2.39.